The van der Waals surface area contributed by atoms with E-state index < -0.39 is 21.5 Å². The van der Waals surface area contributed by atoms with E-state index in [1.165, 1.54) is 4.40 Å². The number of pyridine rings is 1. The third-order valence-electron chi connectivity index (χ3n) is 3.43. The maximum atomic E-state index is 13.5. The summed E-state index contributed by atoms with van der Waals surface area (Å²) >= 11 is 3.35. The lowest BCUT2D eigenvalue weighted by atomic mass is 10.2. The van der Waals surface area contributed by atoms with Crippen LogP contribution in [0.5, 0.6) is 0 Å². The van der Waals surface area contributed by atoms with Crippen molar-refractivity contribution in [2.45, 2.75) is 11.9 Å². The van der Waals surface area contributed by atoms with Crippen LogP contribution < -0.4 is 0 Å². The van der Waals surface area contributed by atoms with Crippen molar-refractivity contribution in [3.63, 3.8) is 0 Å². The van der Waals surface area contributed by atoms with Crippen LogP contribution in [-0.2, 0) is 9.84 Å². The average molecular weight is 401 g/mol. The summed E-state index contributed by atoms with van der Waals surface area (Å²) in [5.74, 6) is -1.35. The van der Waals surface area contributed by atoms with Gasteiger partial charge in [0.2, 0.25) is 0 Å². The van der Waals surface area contributed by atoms with Gasteiger partial charge in [0.25, 0.3) is 0 Å². The Bertz CT molecular complexity index is 1030. The molecular weight excluding hydrogens is 390 g/mol. The Labute approximate surface area is 139 Å². The number of aryl methyl sites for hydroxylation is 1. The highest BCUT2D eigenvalue weighted by atomic mass is 79.9. The van der Waals surface area contributed by atoms with Gasteiger partial charge in [0, 0.05) is 28.6 Å². The second-order valence-corrected chi connectivity index (χ2v) is 7.96. The normalized spacial score (nSPS) is 12.0. The standard InChI is InChI=1S/C15H11BrF2N2O2S/c1-8-12(16)3-4-20-13(8)15(23(2,21)22)19-14(20)9-5-10(17)7-11(18)6-9/h3-7H,1-2H3. The van der Waals surface area contributed by atoms with Crippen LogP contribution in [-0.4, -0.2) is 24.1 Å². The molecule has 0 radical (unpaired) electrons. The van der Waals surface area contributed by atoms with Crippen LogP contribution in [0.2, 0.25) is 0 Å². The Hall–Kier alpha value is -1.80. The van der Waals surface area contributed by atoms with Gasteiger partial charge in [0.05, 0.1) is 5.52 Å². The summed E-state index contributed by atoms with van der Waals surface area (Å²) in [4.78, 5) is 4.14. The molecule has 0 N–H and O–H groups in total. The number of fused-ring (bicyclic) bond motifs is 1. The molecule has 0 aliphatic rings. The zero-order valence-electron chi connectivity index (χ0n) is 12.1. The van der Waals surface area contributed by atoms with Crippen molar-refractivity contribution in [2.75, 3.05) is 6.26 Å². The van der Waals surface area contributed by atoms with Gasteiger partial charge in [-0.05, 0) is 30.7 Å². The first-order valence-electron chi connectivity index (χ1n) is 6.52. The topological polar surface area (TPSA) is 51.4 Å². The van der Waals surface area contributed by atoms with E-state index in [9.17, 15) is 17.2 Å². The number of rotatable bonds is 2. The van der Waals surface area contributed by atoms with Crippen molar-refractivity contribution < 1.29 is 17.2 Å². The van der Waals surface area contributed by atoms with Gasteiger partial charge in [-0.25, -0.2) is 22.2 Å². The average Bonchev–Trinajstić information content (AvgIpc) is 2.82. The monoisotopic (exact) mass is 400 g/mol. The smallest absolute Gasteiger partial charge is 0.194 e. The number of halogens is 3. The molecule has 120 valence electrons. The summed E-state index contributed by atoms with van der Waals surface area (Å²) in [6.07, 6.45) is 2.65. The van der Waals surface area contributed by atoms with E-state index in [2.05, 4.69) is 20.9 Å². The van der Waals surface area contributed by atoms with E-state index >= 15 is 0 Å². The largest absolute Gasteiger partial charge is 0.298 e. The molecule has 0 atom stereocenters. The molecule has 1 aromatic carbocycles. The molecule has 4 nitrogen and oxygen atoms in total. The Morgan fingerprint density at radius 2 is 1.78 bits per heavy atom. The zero-order valence-corrected chi connectivity index (χ0v) is 14.5. The van der Waals surface area contributed by atoms with Gasteiger partial charge < -0.3 is 0 Å². The second-order valence-electron chi connectivity index (χ2n) is 5.18. The second kappa shape index (κ2) is 5.38. The van der Waals surface area contributed by atoms with Gasteiger partial charge in [-0.15, -0.1) is 0 Å². The van der Waals surface area contributed by atoms with Crippen molar-refractivity contribution in [1.29, 1.82) is 0 Å². The van der Waals surface area contributed by atoms with Gasteiger partial charge in [0.1, 0.15) is 17.5 Å². The van der Waals surface area contributed by atoms with Gasteiger partial charge in [-0.1, -0.05) is 15.9 Å². The number of hydrogen-bond acceptors (Lipinski definition) is 3. The van der Waals surface area contributed by atoms with E-state index in [0.29, 0.717) is 15.6 Å². The molecule has 3 rings (SSSR count). The van der Waals surface area contributed by atoms with Crippen LogP contribution in [0.1, 0.15) is 5.56 Å². The van der Waals surface area contributed by atoms with Gasteiger partial charge in [-0.3, -0.25) is 4.40 Å². The van der Waals surface area contributed by atoms with Crippen molar-refractivity contribution in [1.82, 2.24) is 9.38 Å². The zero-order chi connectivity index (χ0) is 16.9. The lowest BCUT2D eigenvalue weighted by Gasteiger charge is -2.05. The lowest BCUT2D eigenvalue weighted by Crippen LogP contribution is -1.99. The number of nitrogens with zero attached hydrogens (tertiary/aromatic N) is 2. The van der Waals surface area contributed by atoms with Gasteiger partial charge in [0.15, 0.2) is 14.9 Å². The molecule has 0 bridgehead atoms. The van der Waals surface area contributed by atoms with Crippen molar-refractivity contribution in [2.24, 2.45) is 0 Å². The van der Waals surface area contributed by atoms with Crippen molar-refractivity contribution in [3.05, 3.63) is 52.1 Å². The van der Waals surface area contributed by atoms with E-state index in [0.717, 1.165) is 24.5 Å². The molecule has 0 spiro atoms. The predicted molar refractivity (Wildman–Crippen MR) is 86.1 cm³/mol. The van der Waals surface area contributed by atoms with Crippen LogP contribution in [0.3, 0.4) is 0 Å². The quantitative estimate of drug-likeness (QED) is 0.657. The third-order valence-corrected chi connectivity index (χ3v) is 5.28. The summed E-state index contributed by atoms with van der Waals surface area (Å²) < 4.78 is 53.3. The molecule has 8 heteroatoms. The number of benzene rings is 1. The first-order valence-corrected chi connectivity index (χ1v) is 9.20. The molecule has 0 amide bonds. The molecule has 2 heterocycles. The van der Waals surface area contributed by atoms with Gasteiger partial charge in [-0.2, -0.15) is 0 Å². The van der Waals surface area contributed by atoms with Crippen molar-refractivity contribution >= 4 is 31.3 Å². The molecule has 0 aliphatic carbocycles. The summed E-state index contributed by atoms with van der Waals surface area (Å²) in [5.41, 5.74) is 1.21. The van der Waals surface area contributed by atoms with E-state index in [-0.39, 0.29) is 16.4 Å². The van der Waals surface area contributed by atoms with Crippen LogP contribution in [0.15, 0.2) is 40.0 Å². The molecule has 0 saturated heterocycles. The number of hydrogen-bond donors (Lipinski definition) is 0. The highest BCUT2D eigenvalue weighted by molar-refractivity contribution is 9.10. The Morgan fingerprint density at radius 3 is 2.35 bits per heavy atom. The molecule has 0 fully saturated rings. The summed E-state index contributed by atoms with van der Waals surface area (Å²) in [6, 6.07) is 4.69. The Balaban J connectivity index is 2.46. The molecule has 0 aliphatic heterocycles. The van der Waals surface area contributed by atoms with Crippen LogP contribution in [0.4, 0.5) is 8.78 Å². The molecule has 0 unspecified atom stereocenters. The maximum absolute atomic E-state index is 13.5. The Kier molecular flexibility index (Phi) is 3.76. The number of imidazole rings is 1. The lowest BCUT2D eigenvalue weighted by molar-refractivity contribution is 0.584. The molecule has 3 aromatic rings. The van der Waals surface area contributed by atoms with E-state index in [1.54, 1.807) is 19.2 Å². The minimum absolute atomic E-state index is 0.129. The predicted octanol–water partition coefficient (Wildman–Crippen LogP) is 3.75. The summed E-state index contributed by atoms with van der Waals surface area (Å²) in [6.45, 7) is 1.74. The molecule has 2 aromatic heterocycles. The maximum Gasteiger partial charge on any atom is 0.194 e. The molecular formula is C15H11BrF2N2O2S. The van der Waals surface area contributed by atoms with Crippen LogP contribution in [0.25, 0.3) is 16.9 Å². The summed E-state index contributed by atoms with van der Waals surface area (Å²) in [7, 11) is -3.62. The number of sulfone groups is 1. The fourth-order valence-electron chi connectivity index (χ4n) is 2.42. The summed E-state index contributed by atoms with van der Waals surface area (Å²) in [5, 5.41) is -0.129. The first-order chi connectivity index (χ1) is 10.7. The Morgan fingerprint density at radius 1 is 1.17 bits per heavy atom. The van der Waals surface area contributed by atoms with E-state index in [1.807, 2.05) is 0 Å². The highest BCUT2D eigenvalue weighted by Gasteiger charge is 2.23. The van der Waals surface area contributed by atoms with Crippen LogP contribution >= 0.6 is 15.9 Å². The van der Waals surface area contributed by atoms with Crippen molar-refractivity contribution in [3.8, 4) is 11.4 Å². The number of aromatic nitrogens is 2. The van der Waals surface area contributed by atoms with Gasteiger partial charge >= 0.3 is 0 Å². The minimum Gasteiger partial charge on any atom is -0.298 e. The fourth-order valence-corrected chi connectivity index (χ4v) is 3.58. The molecule has 23 heavy (non-hydrogen) atoms. The minimum atomic E-state index is -3.62. The highest BCUT2D eigenvalue weighted by Crippen LogP contribution is 2.31. The van der Waals surface area contributed by atoms with E-state index in [4.69, 9.17) is 0 Å². The van der Waals surface area contributed by atoms with Crippen LogP contribution in [0, 0.1) is 18.6 Å². The first kappa shape index (κ1) is 16.1. The third kappa shape index (κ3) is 2.76. The fraction of sp³-hybridized carbons (Fsp3) is 0.133. The SMILES string of the molecule is Cc1c(Br)ccn2c(-c3cc(F)cc(F)c3)nc(S(C)(=O)=O)c12. The molecule has 0 saturated carbocycles.